The Bertz CT molecular complexity index is 913. The Balaban J connectivity index is 1.54. The molecule has 0 radical (unpaired) electrons. The largest absolute Gasteiger partial charge is 0.354 e. The van der Waals surface area contributed by atoms with E-state index in [0.717, 1.165) is 0 Å². The van der Waals surface area contributed by atoms with Crippen LogP contribution in [0.5, 0.6) is 0 Å². The molecule has 3 atom stereocenters. The van der Waals surface area contributed by atoms with Gasteiger partial charge >= 0.3 is 0 Å². The molecule has 0 bridgehead atoms. The Morgan fingerprint density at radius 2 is 2.14 bits per heavy atom. The van der Waals surface area contributed by atoms with E-state index in [9.17, 15) is 19.2 Å². The zero-order valence-electron chi connectivity index (χ0n) is 15.4. The lowest BCUT2D eigenvalue weighted by Gasteiger charge is -2.43. The molecule has 28 heavy (non-hydrogen) atoms. The summed E-state index contributed by atoms with van der Waals surface area (Å²) in [6.07, 6.45) is 2.36. The molecule has 146 valence electrons. The Kier molecular flexibility index (Phi) is 4.42. The number of rotatable bonds is 3. The number of aromatic nitrogens is 2. The predicted octanol–water partition coefficient (Wildman–Crippen LogP) is -1.31. The summed E-state index contributed by atoms with van der Waals surface area (Å²) < 4.78 is 5.59. The first-order chi connectivity index (χ1) is 13.4. The highest BCUT2D eigenvalue weighted by Crippen LogP contribution is 2.29. The van der Waals surface area contributed by atoms with Crippen LogP contribution in [-0.4, -0.2) is 74.6 Å². The van der Waals surface area contributed by atoms with Crippen molar-refractivity contribution in [1.82, 2.24) is 25.1 Å². The highest BCUT2D eigenvalue weighted by atomic mass is 16.5. The minimum absolute atomic E-state index is 0.0837. The molecule has 2 saturated heterocycles. The summed E-state index contributed by atoms with van der Waals surface area (Å²) >= 11 is 0. The second-order valence-electron chi connectivity index (χ2n) is 7.00. The summed E-state index contributed by atoms with van der Waals surface area (Å²) in [5.41, 5.74) is 0.283. The lowest BCUT2D eigenvalue weighted by Crippen LogP contribution is -2.65. The van der Waals surface area contributed by atoms with Gasteiger partial charge in [0.2, 0.25) is 11.6 Å². The van der Waals surface area contributed by atoms with Crippen LogP contribution in [-0.2, 0) is 30.5 Å². The third-order valence-electron chi connectivity index (χ3n) is 5.02. The number of nitrogens with one attached hydrogen (secondary N) is 1. The number of aryl methyl sites for hydroxylation is 1. The van der Waals surface area contributed by atoms with E-state index in [2.05, 4.69) is 15.3 Å². The van der Waals surface area contributed by atoms with Crippen LogP contribution in [0.15, 0.2) is 24.0 Å². The third-order valence-corrected chi connectivity index (χ3v) is 5.02. The molecule has 10 nitrogen and oxygen atoms in total. The van der Waals surface area contributed by atoms with Gasteiger partial charge in [0.25, 0.3) is 11.8 Å². The average Bonchev–Trinajstić information content (AvgIpc) is 3.03. The standard InChI is InChI=1S/C18H19N5O5/c1-9-8-28-13-7-22-6-12(15(24)16(25)14(22)18(27)23(9)13)17(26)20-5-11-3-4-19-10(2)21-11/h3-4,6,9,13-14H,5,7-8H2,1-2H3,(H,20,26)/t9-,13+,14?/m0/s1. The Hall–Kier alpha value is -3.14. The minimum Gasteiger partial charge on any atom is -0.354 e. The minimum atomic E-state index is -1.23. The van der Waals surface area contributed by atoms with Crippen molar-refractivity contribution in [2.24, 2.45) is 0 Å². The van der Waals surface area contributed by atoms with E-state index in [1.54, 1.807) is 19.2 Å². The maximum atomic E-state index is 12.7. The molecule has 0 spiro atoms. The van der Waals surface area contributed by atoms with Crippen molar-refractivity contribution >= 4 is 23.4 Å². The number of piperazine rings is 1. The van der Waals surface area contributed by atoms with E-state index < -0.39 is 35.7 Å². The van der Waals surface area contributed by atoms with Gasteiger partial charge in [-0.2, -0.15) is 0 Å². The topological polar surface area (TPSA) is 122 Å². The molecule has 0 aromatic carbocycles. The van der Waals surface area contributed by atoms with Gasteiger partial charge < -0.3 is 19.9 Å². The van der Waals surface area contributed by atoms with Gasteiger partial charge in [-0.25, -0.2) is 9.97 Å². The molecule has 3 aliphatic rings. The Morgan fingerprint density at radius 3 is 2.89 bits per heavy atom. The number of hydrogen-bond acceptors (Lipinski definition) is 8. The number of nitrogens with zero attached hydrogens (tertiary/aromatic N) is 4. The van der Waals surface area contributed by atoms with E-state index >= 15 is 0 Å². The Morgan fingerprint density at radius 1 is 1.36 bits per heavy atom. The number of Topliss-reactive ketones (excluding diaryl/α,β-unsaturated/α-hetero) is 2. The van der Waals surface area contributed by atoms with Crippen molar-refractivity contribution in [1.29, 1.82) is 0 Å². The molecule has 3 aliphatic heterocycles. The van der Waals surface area contributed by atoms with Gasteiger partial charge in [-0.05, 0) is 19.9 Å². The summed E-state index contributed by atoms with van der Waals surface area (Å²) in [4.78, 5) is 61.3. The van der Waals surface area contributed by atoms with Gasteiger partial charge in [-0.15, -0.1) is 0 Å². The molecular formula is C18H19N5O5. The number of ether oxygens (including phenoxy) is 1. The van der Waals surface area contributed by atoms with E-state index in [0.29, 0.717) is 18.1 Å². The van der Waals surface area contributed by atoms with Crippen molar-refractivity contribution < 1.29 is 23.9 Å². The second-order valence-corrected chi connectivity index (χ2v) is 7.00. The smallest absolute Gasteiger partial charge is 0.257 e. The first-order valence-electron chi connectivity index (χ1n) is 8.93. The molecule has 1 N–H and O–H groups in total. The van der Waals surface area contributed by atoms with Gasteiger partial charge in [-0.1, -0.05) is 0 Å². The zero-order valence-corrected chi connectivity index (χ0v) is 15.4. The fourth-order valence-electron chi connectivity index (χ4n) is 3.67. The molecule has 2 fully saturated rings. The summed E-state index contributed by atoms with van der Waals surface area (Å²) in [5.74, 6) is -2.46. The van der Waals surface area contributed by atoms with Crippen molar-refractivity contribution in [3.05, 3.63) is 35.6 Å². The van der Waals surface area contributed by atoms with Gasteiger partial charge in [0.05, 0.1) is 31.4 Å². The van der Waals surface area contributed by atoms with Crippen LogP contribution in [0.25, 0.3) is 0 Å². The highest BCUT2D eigenvalue weighted by molar-refractivity contribution is 6.53. The van der Waals surface area contributed by atoms with Crippen LogP contribution in [0.3, 0.4) is 0 Å². The van der Waals surface area contributed by atoms with Crippen molar-refractivity contribution in [2.45, 2.75) is 38.7 Å². The first-order valence-corrected chi connectivity index (χ1v) is 8.93. The molecular weight excluding hydrogens is 366 g/mol. The summed E-state index contributed by atoms with van der Waals surface area (Å²) in [6.45, 7) is 4.22. The van der Waals surface area contributed by atoms with E-state index in [-0.39, 0.29) is 24.7 Å². The zero-order chi connectivity index (χ0) is 20.0. The van der Waals surface area contributed by atoms with Gasteiger partial charge in [0, 0.05) is 12.4 Å². The lowest BCUT2D eigenvalue weighted by molar-refractivity contribution is -0.159. The normalized spacial score (nSPS) is 26.7. The van der Waals surface area contributed by atoms with E-state index in [1.807, 2.05) is 6.92 Å². The molecule has 10 heteroatoms. The first kappa shape index (κ1) is 18.2. The number of ketones is 2. The average molecular weight is 385 g/mol. The van der Waals surface area contributed by atoms with Crippen LogP contribution in [0.2, 0.25) is 0 Å². The predicted molar refractivity (Wildman–Crippen MR) is 93.3 cm³/mol. The number of fused-ring (bicyclic) bond motifs is 2. The molecule has 0 saturated carbocycles. The summed E-state index contributed by atoms with van der Waals surface area (Å²) in [7, 11) is 0. The van der Waals surface area contributed by atoms with Crippen molar-refractivity contribution in [3.63, 3.8) is 0 Å². The third kappa shape index (κ3) is 2.95. The van der Waals surface area contributed by atoms with E-state index in [1.165, 1.54) is 16.0 Å². The van der Waals surface area contributed by atoms with Crippen LogP contribution in [0, 0.1) is 6.92 Å². The monoisotopic (exact) mass is 385 g/mol. The Labute approximate surface area is 160 Å². The molecule has 4 heterocycles. The number of amides is 2. The molecule has 1 aromatic heterocycles. The van der Waals surface area contributed by atoms with Crippen molar-refractivity contribution in [2.75, 3.05) is 13.2 Å². The van der Waals surface area contributed by atoms with Crippen LogP contribution >= 0.6 is 0 Å². The summed E-state index contributed by atoms with van der Waals surface area (Å²) in [5, 5.41) is 2.58. The van der Waals surface area contributed by atoms with Gasteiger partial charge in [0.1, 0.15) is 17.6 Å². The number of carbonyl (C=O) groups excluding carboxylic acids is 4. The SMILES string of the molecule is Cc1nccc(CNC(=O)C2=CN3C[C@H]4OC[C@H](C)N4C(=O)C3C(=O)C2=O)n1. The number of hydrogen-bond donors (Lipinski definition) is 1. The summed E-state index contributed by atoms with van der Waals surface area (Å²) in [6, 6.07) is 0.253. The maximum Gasteiger partial charge on any atom is 0.257 e. The van der Waals surface area contributed by atoms with Crippen LogP contribution in [0.4, 0.5) is 0 Å². The highest BCUT2D eigenvalue weighted by Gasteiger charge is 2.52. The fourth-order valence-corrected chi connectivity index (χ4v) is 3.67. The molecule has 4 rings (SSSR count). The lowest BCUT2D eigenvalue weighted by atomic mass is 9.93. The number of carbonyl (C=O) groups is 4. The van der Waals surface area contributed by atoms with Crippen molar-refractivity contribution in [3.8, 4) is 0 Å². The molecule has 0 aliphatic carbocycles. The fraction of sp³-hybridized carbons (Fsp3) is 0.444. The van der Waals surface area contributed by atoms with Gasteiger partial charge in [0.15, 0.2) is 6.04 Å². The van der Waals surface area contributed by atoms with E-state index in [4.69, 9.17) is 4.74 Å². The molecule has 1 aromatic rings. The maximum absolute atomic E-state index is 12.7. The molecule has 1 unspecified atom stereocenters. The van der Waals surface area contributed by atoms with Gasteiger partial charge in [-0.3, -0.25) is 19.2 Å². The quantitative estimate of drug-likeness (QED) is 0.387. The van der Waals surface area contributed by atoms with Crippen LogP contribution in [0.1, 0.15) is 18.4 Å². The second kappa shape index (κ2) is 6.79. The molecule has 2 amide bonds. The van der Waals surface area contributed by atoms with Crippen LogP contribution < -0.4 is 5.32 Å².